The minimum Gasteiger partial charge on any atom is -0.493 e. The molecule has 0 amide bonds. The number of nitriles is 1. The van der Waals surface area contributed by atoms with Crippen molar-refractivity contribution < 1.29 is 28.2 Å². The monoisotopic (exact) mass is 425 g/mol. The SMILES string of the molecule is COC(=O)c1ccc(COc2c(OC)cc(-c3nc(N)nc(N)c3C#N)cc2OC)o1. The third kappa shape index (κ3) is 4.27. The van der Waals surface area contributed by atoms with Crippen molar-refractivity contribution in [2.24, 2.45) is 0 Å². The molecule has 3 aromatic rings. The number of furan rings is 1. The van der Waals surface area contributed by atoms with Crippen LogP contribution < -0.4 is 25.7 Å². The highest BCUT2D eigenvalue weighted by Gasteiger charge is 2.20. The van der Waals surface area contributed by atoms with Gasteiger partial charge in [0.25, 0.3) is 0 Å². The Morgan fingerprint density at radius 3 is 2.39 bits per heavy atom. The molecule has 3 rings (SSSR count). The molecular formula is C20H19N5O6. The van der Waals surface area contributed by atoms with Crippen molar-refractivity contribution >= 4 is 17.7 Å². The molecule has 0 atom stereocenters. The van der Waals surface area contributed by atoms with Crippen molar-refractivity contribution in [1.29, 1.82) is 5.26 Å². The van der Waals surface area contributed by atoms with E-state index in [-0.39, 0.29) is 41.1 Å². The van der Waals surface area contributed by atoms with Gasteiger partial charge in [-0.1, -0.05) is 0 Å². The summed E-state index contributed by atoms with van der Waals surface area (Å²) in [6, 6.07) is 8.24. The summed E-state index contributed by atoms with van der Waals surface area (Å²) < 4.78 is 26.7. The van der Waals surface area contributed by atoms with Crippen LogP contribution in [0.2, 0.25) is 0 Å². The van der Waals surface area contributed by atoms with Gasteiger partial charge in [0.1, 0.15) is 29.8 Å². The molecule has 0 bridgehead atoms. The van der Waals surface area contributed by atoms with E-state index in [1.54, 1.807) is 18.2 Å². The lowest BCUT2D eigenvalue weighted by Crippen LogP contribution is -2.06. The van der Waals surface area contributed by atoms with Crippen molar-refractivity contribution in [2.45, 2.75) is 6.61 Å². The van der Waals surface area contributed by atoms with E-state index in [0.29, 0.717) is 22.8 Å². The molecule has 0 saturated heterocycles. The van der Waals surface area contributed by atoms with E-state index in [9.17, 15) is 10.1 Å². The molecule has 0 unspecified atom stereocenters. The summed E-state index contributed by atoms with van der Waals surface area (Å²) >= 11 is 0. The first-order valence-electron chi connectivity index (χ1n) is 8.81. The van der Waals surface area contributed by atoms with Crippen LogP contribution in [0.1, 0.15) is 21.9 Å². The van der Waals surface area contributed by atoms with Gasteiger partial charge >= 0.3 is 5.97 Å². The summed E-state index contributed by atoms with van der Waals surface area (Å²) in [6.45, 7) is -0.0140. The molecule has 4 N–H and O–H groups in total. The second-order valence-electron chi connectivity index (χ2n) is 6.06. The fraction of sp³-hybridized carbons (Fsp3) is 0.200. The number of carbonyl (C=O) groups excluding carboxylic acids is 1. The second-order valence-corrected chi connectivity index (χ2v) is 6.06. The van der Waals surface area contributed by atoms with Crippen LogP contribution in [-0.4, -0.2) is 37.3 Å². The number of rotatable bonds is 7. The number of nitrogens with two attached hydrogens (primary N) is 2. The number of nitrogens with zero attached hydrogens (tertiary/aromatic N) is 3. The van der Waals surface area contributed by atoms with Gasteiger partial charge in [-0.15, -0.1) is 0 Å². The summed E-state index contributed by atoms with van der Waals surface area (Å²) in [5.41, 5.74) is 12.3. The second kappa shape index (κ2) is 8.91. The molecule has 0 aliphatic carbocycles. The molecule has 0 saturated carbocycles. The summed E-state index contributed by atoms with van der Waals surface area (Å²) in [7, 11) is 4.15. The molecule has 2 aromatic heterocycles. The lowest BCUT2D eigenvalue weighted by atomic mass is 10.1. The number of carbonyl (C=O) groups is 1. The number of methoxy groups -OCH3 is 3. The molecule has 0 fully saturated rings. The highest BCUT2D eigenvalue weighted by molar-refractivity contribution is 5.86. The van der Waals surface area contributed by atoms with E-state index >= 15 is 0 Å². The van der Waals surface area contributed by atoms with Crippen molar-refractivity contribution in [3.8, 4) is 34.6 Å². The molecular weight excluding hydrogens is 406 g/mol. The average molecular weight is 425 g/mol. The van der Waals surface area contributed by atoms with Gasteiger partial charge < -0.3 is 34.8 Å². The first kappa shape index (κ1) is 21.3. The standard InChI is InChI=1S/C20H19N5O6/c1-27-14-6-10(16-12(8-21)18(22)25-20(23)24-16)7-15(28-2)17(14)30-9-11-4-5-13(31-11)19(26)29-3/h4-7H,9H2,1-3H3,(H4,22,23,24,25). The number of esters is 1. The van der Waals surface area contributed by atoms with E-state index < -0.39 is 5.97 Å². The Morgan fingerprint density at radius 2 is 1.81 bits per heavy atom. The Kier molecular flexibility index (Phi) is 6.11. The maximum absolute atomic E-state index is 11.5. The molecule has 31 heavy (non-hydrogen) atoms. The molecule has 1 aromatic carbocycles. The van der Waals surface area contributed by atoms with Crippen LogP contribution in [0.25, 0.3) is 11.3 Å². The molecule has 11 nitrogen and oxygen atoms in total. The zero-order valence-electron chi connectivity index (χ0n) is 17.0. The maximum Gasteiger partial charge on any atom is 0.373 e. The molecule has 11 heteroatoms. The van der Waals surface area contributed by atoms with Gasteiger partial charge in [0.2, 0.25) is 17.5 Å². The van der Waals surface area contributed by atoms with Gasteiger partial charge in [-0.25, -0.2) is 9.78 Å². The summed E-state index contributed by atoms with van der Waals surface area (Å²) in [5, 5.41) is 9.45. The Bertz CT molecular complexity index is 1140. The molecule has 0 aliphatic heterocycles. The minimum absolute atomic E-state index is 0.0140. The normalized spacial score (nSPS) is 10.3. The van der Waals surface area contributed by atoms with Gasteiger partial charge in [0.15, 0.2) is 11.5 Å². The lowest BCUT2D eigenvalue weighted by Gasteiger charge is -2.16. The van der Waals surface area contributed by atoms with Gasteiger partial charge in [0, 0.05) is 5.56 Å². The largest absolute Gasteiger partial charge is 0.493 e. The number of benzene rings is 1. The topological polar surface area (TPSA) is 169 Å². The number of hydrogen-bond acceptors (Lipinski definition) is 11. The van der Waals surface area contributed by atoms with E-state index in [0.717, 1.165) is 0 Å². The molecule has 2 heterocycles. The number of hydrogen-bond donors (Lipinski definition) is 2. The van der Waals surface area contributed by atoms with Crippen LogP contribution in [-0.2, 0) is 11.3 Å². The Labute approximate surface area is 177 Å². The van der Waals surface area contributed by atoms with Crippen molar-refractivity contribution in [1.82, 2.24) is 9.97 Å². The lowest BCUT2D eigenvalue weighted by molar-refractivity contribution is 0.0560. The Hall–Kier alpha value is -4.46. The Balaban J connectivity index is 1.98. The van der Waals surface area contributed by atoms with E-state index in [1.807, 2.05) is 6.07 Å². The number of ether oxygens (including phenoxy) is 4. The fourth-order valence-electron chi connectivity index (χ4n) is 2.78. The molecule has 0 spiro atoms. The summed E-state index contributed by atoms with van der Waals surface area (Å²) in [6.07, 6.45) is 0. The quantitative estimate of drug-likeness (QED) is 0.532. The number of aromatic nitrogens is 2. The zero-order chi connectivity index (χ0) is 22.5. The average Bonchev–Trinajstić information content (AvgIpc) is 3.25. The fourth-order valence-corrected chi connectivity index (χ4v) is 2.78. The van der Waals surface area contributed by atoms with Gasteiger partial charge in [-0.2, -0.15) is 10.2 Å². The smallest absolute Gasteiger partial charge is 0.373 e. The zero-order valence-corrected chi connectivity index (χ0v) is 17.0. The third-order valence-corrected chi connectivity index (χ3v) is 4.21. The van der Waals surface area contributed by atoms with Crippen LogP contribution in [0.5, 0.6) is 17.2 Å². The third-order valence-electron chi connectivity index (χ3n) is 4.21. The first-order valence-corrected chi connectivity index (χ1v) is 8.81. The highest BCUT2D eigenvalue weighted by atomic mass is 16.5. The van der Waals surface area contributed by atoms with Gasteiger partial charge in [0.05, 0.1) is 27.0 Å². The minimum atomic E-state index is -0.595. The van der Waals surface area contributed by atoms with Crippen LogP contribution in [0.4, 0.5) is 11.8 Å². The molecule has 0 radical (unpaired) electrons. The predicted molar refractivity (Wildman–Crippen MR) is 108 cm³/mol. The molecule has 160 valence electrons. The van der Waals surface area contributed by atoms with Crippen molar-refractivity contribution in [3.05, 3.63) is 41.3 Å². The highest BCUT2D eigenvalue weighted by Crippen LogP contribution is 2.42. The van der Waals surface area contributed by atoms with Crippen LogP contribution in [0, 0.1) is 11.3 Å². The van der Waals surface area contributed by atoms with Crippen molar-refractivity contribution in [2.75, 3.05) is 32.8 Å². The first-order chi connectivity index (χ1) is 14.9. The van der Waals surface area contributed by atoms with E-state index in [2.05, 4.69) is 14.7 Å². The van der Waals surface area contributed by atoms with Crippen LogP contribution in [0.15, 0.2) is 28.7 Å². The number of anilines is 2. The Morgan fingerprint density at radius 1 is 1.13 bits per heavy atom. The van der Waals surface area contributed by atoms with Gasteiger partial charge in [-0.3, -0.25) is 0 Å². The summed E-state index contributed by atoms with van der Waals surface area (Å²) in [5.74, 6) is 0.602. The van der Waals surface area contributed by atoms with E-state index in [1.165, 1.54) is 27.4 Å². The summed E-state index contributed by atoms with van der Waals surface area (Å²) in [4.78, 5) is 19.5. The molecule has 0 aliphatic rings. The van der Waals surface area contributed by atoms with Crippen LogP contribution in [0.3, 0.4) is 0 Å². The van der Waals surface area contributed by atoms with Crippen molar-refractivity contribution in [3.63, 3.8) is 0 Å². The van der Waals surface area contributed by atoms with E-state index in [4.69, 9.17) is 30.1 Å². The predicted octanol–water partition coefficient (Wildman–Crippen LogP) is 2.16. The van der Waals surface area contributed by atoms with Crippen LogP contribution >= 0.6 is 0 Å². The van der Waals surface area contributed by atoms with Gasteiger partial charge in [-0.05, 0) is 24.3 Å². The number of nitrogen functional groups attached to an aromatic ring is 2. The maximum atomic E-state index is 11.5.